The summed E-state index contributed by atoms with van der Waals surface area (Å²) in [6, 6.07) is 5.67. The van der Waals surface area contributed by atoms with E-state index in [0.29, 0.717) is 24.1 Å². The molecule has 2 atom stereocenters. The standard InChI is InChI=1S/C19H24ClN3O2/c1-11(2)16-19(25-5)21-15(18(22-16)24-4)9-12-10-23(3)17-13(12)7-6-8-14(17)20/h6-8,10-11,15-16H,9H2,1-5H3/t15-,16+/m0/s1. The third kappa shape index (κ3) is 3.25. The summed E-state index contributed by atoms with van der Waals surface area (Å²) in [5.41, 5.74) is 2.19. The van der Waals surface area contributed by atoms with Crippen molar-refractivity contribution in [3.8, 4) is 0 Å². The molecule has 1 aliphatic heterocycles. The number of aromatic nitrogens is 1. The molecule has 0 saturated carbocycles. The van der Waals surface area contributed by atoms with Crippen LogP contribution in [0.3, 0.4) is 0 Å². The molecular formula is C19H24ClN3O2. The van der Waals surface area contributed by atoms with E-state index in [0.717, 1.165) is 21.5 Å². The maximum absolute atomic E-state index is 6.36. The molecule has 1 aliphatic rings. The van der Waals surface area contributed by atoms with Crippen molar-refractivity contribution in [2.45, 2.75) is 32.4 Å². The Morgan fingerprint density at radius 1 is 1.16 bits per heavy atom. The molecule has 0 bridgehead atoms. The Morgan fingerprint density at radius 3 is 2.52 bits per heavy atom. The molecule has 5 nitrogen and oxygen atoms in total. The fourth-order valence-corrected chi connectivity index (χ4v) is 3.67. The number of para-hydroxylation sites is 1. The molecule has 0 N–H and O–H groups in total. The Bertz CT molecular complexity index is 839. The Labute approximate surface area is 153 Å². The molecule has 0 radical (unpaired) electrons. The molecule has 134 valence electrons. The lowest BCUT2D eigenvalue weighted by Gasteiger charge is -2.27. The zero-order valence-electron chi connectivity index (χ0n) is 15.3. The maximum Gasteiger partial charge on any atom is 0.209 e. The highest BCUT2D eigenvalue weighted by molar-refractivity contribution is 6.35. The van der Waals surface area contributed by atoms with Crippen molar-refractivity contribution in [1.29, 1.82) is 0 Å². The average molecular weight is 362 g/mol. The van der Waals surface area contributed by atoms with E-state index < -0.39 is 0 Å². The van der Waals surface area contributed by atoms with Gasteiger partial charge in [0.2, 0.25) is 11.8 Å². The zero-order valence-corrected chi connectivity index (χ0v) is 16.0. The smallest absolute Gasteiger partial charge is 0.209 e. The molecule has 0 fully saturated rings. The van der Waals surface area contributed by atoms with Gasteiger partial charge in [0.25, 0.3) is 0 Å². The third-order valence-corrected chi connectivity index (χ3v) is 4.89. The Morgan fingerprint density at radius 2 is 1.88 bits per heavy atom. The molecule has 1 aromatic carbocycles. The van der Waals surface area contributed by atoms with Gasteiger partial charge in [-0.05, 0) is 17.5 Å². The molecule has 3 rings (SSSR count). The van der Waals surface area contributed by atoms with Gasteiger partial charge < -0.3 is 14.0 Å². The molecular weight excluding hydrogens is 338 g/mol. The van der Waals surface area contributed by atoms with Crippen molar-refractivity contribution in [1.82, 2.24) is 4.57 Å². The van der Waals surface area contributed by atoms with Crippen LogP contribution < -0.4 is 0 Å². The molecule has 0 saturated heterocycles. The van der Waals surface area contributed by atoms with Crippen molar-refractivity contribution in [3.63, 3.8) is 0 Å². The Hall–Kier alpha value is -2.01. The van der Waals surface area contributed by atoms with Crippen molar-refractivity contribution in [3.05, 3.63) is 35.0 Å². The van der Waals surface area contributed by atoms with Gasteiger partial charge in [-0.15, -0.1) is 0 Å². The number of aryl methyl sites for hydroxylation is 1. The molecule has 0 spiro atoms. The molecule has 0 amide bonds. The van der Waals surface area contributed by atoms with Crippen LogP contribution in [0.4, 0.5) is 0 Å². The lowest BCUT2D eigenvalue weighted by Crippen LogP contribution is -2.38. The number of benzene rings is 1. The summed E-state index contributed by atoms with van der Waals surface area (Å²) in [7, 11) is 5.30. The minimum atomic E-state index is -0.195. The largest absolute Gasteiger partial charge is 0.483 e. The van der Waals surface area contributed by atoms with E-state index in [-0.39, 0.29) is 12.1 Å². The second-order valence-electron chi connectivity index (χ2n) is 6.65. The van der Waals surface area contributed by atoms with Gasteiger partial charge in [-0.25, -0.2) is 9.98 Å². The van der Waals surface area contributed by atoms with E-state index in [2.05, 4.69) is 30.7 Å². The fraction of sp³-hybridized carbons (Fsp3) is 0.474. The number of hydrogen-bond donors (Lipinski definition) is 0. The van der Waals surface area contributed by atoms with Crippen LogP contribution in [0.1, 0.15) is 19.4 Å². The molecule has 1 aromatic heterocycles. The van der Waals surface area contributed by atoms with E-state index in [9.17, 15) is 0 Å². The second kappa shape index (κ2) is 7.08. The van der Waals surface area contributed by atoms with Crippen LogP contribution in [0.2, 0.25) is 5.02 Å². The minimum absolute atomic E-state index is 0.0989. The average Bonchev–Trinajstić information content (AvgIpc) is 2.91. The number of halogens is 1. The maximum atomic E-state index is 6.36. The zero-order chi connectivity index (χ0) is 18.1. The van der Waals surface area contributed by atoms with Gasteiger partial charge in [-0.1, -0.05) is 37.6 Å². The van der Waals surface area contributed by atoms with Gasteiger partial charge in [0.05, 0.1) is 24.8 Å². The topological polar surface area (TPSA) is 48.1 Å². The predicted octanol–water partition coefficient (Wildman–Crippen LogP) is 3.87. The van der Waals surface area contributed by atoms with Crippen LogP contribution in [0, 0.1) is 5.92 Å². The Kier molecular flexibility index (Phi) is 5.04. The predicted molar refractivity (Wildman–Crippen MR) is 103 cm³/mol. The molecule has 0 unspecified atom stereocenters. The van der Waals surface area contributed by atoms with Crippen LogP contribution in [0.5, 0.6) is 0 Å². The molecule has 2 heterocycles. The number of aliphatic imine (C=N–C) groups is 2. The van der Waals surface area contributed by atoms with Crippen LogP contribution in [0.25, 0.3) is 10.9 Å². The van der Waals surface area contributed by atoms with Gasteiger partial charge in [-0.2, -0.15) is 0 Å². The van der Waals surface area contributed by atoms with Crippen molar-refractivity contribution in [2.75, 3.05) is 14.2 Å². The third-order valence-electron chi connectivity index (χ3n) is 4.59. The number of fused-ring (bicyclic) bond motifs is 1. The number of ether oxygens (including phenoxy) is 2. The summed E-state index contributed by atoms with van der Waals surface area (Å²) in [4.78, 5) is 9.53. The van der Waals surface area contributed by atoms with Crippen molar-refractivity contribution < 1.29 is 9.47 Å². The highest BCUT2D eigenvalue weighted by Gasteiger charge is 2.31. The van der Waals surface area contributed by atoms with Crippen molar-refractivity contribution in [2.24, 2.45) is 23.0 Å². The second-order valence-corrected chi connectivity index (χ2v) is 7.06. The molecule has 2 aromatic rings. The minimum Gasteiger partial charge on any atom is -0.483 e. The van der Waals surface area contributed by atoms with E-state index in [4.69, 9.17) is 31.1 Å². The van der Waals surface area contributed by atoms with Gasteiger partial charge in [0.15, 0.2) is 0 Å². The molecule has 25 heavy (non-hydrogen) atoms. The number of nitrogens with zero attached hydrogens (tertiary/aromatic N) is 3. The number of hydrogen-bond acceptors (Lipinski definition) is 4. The van der Waals surface area contributed by atoms with Gasteiger partial charge in [0.1, 0.15) is 12.1 Å². The van der Waals surface area contributed by atoms with Crippen LogP contribution in [-0.2, 0) is 22.9 Å². The first-order valence-corrected chi connectivity index (χ1v) is 8.79. The van der Waals surface area contributed by atoms with Crippen LogP contribution >= 0.6 is 11.6 Å². The summed E-state index contributed by atoms with van der Waals surface area (Å²) in [6.45, 7) is 4.20. The number of rotatable bonds is 3. The van der Waals surface area contributed by atoms with Gasteiger partial charge in [-0.3, -0.25) is 0 Å². The molecule has 0 aliphatic carbocycles. The first-order chi connectivity index (χ1) is 12.0. The SMILES string of the molecule is COC1=N[C@H](C(C)C)C(OC)=N[C@H]1Cc1cn(C)c2c(Cl)cccc12. The van der Waals surface area contributed by atoms with Gasteiger partial charge in [0, 0.05) is 25.1 Å². The van der Waals surface area contributed by atoms with Crippen molar-refractivity contribution >= 4 is 34.3 Å². The summed E-state index contributed by atoms with van der Waals surface area (Å²) < 4.78 is 13.1. The summed E-state index contributed by atoms with van der Waals surface area (Å²) in [5.74, 6) is 1.61. The highest BCUT2D eigenvalue weighted by Crippen LogP contribution is 2.29. The summed E-state index contributed by atoms with van der Waals surface area (Å²) in [5, 5.41) is 1.88. The fourth-order valence-electron chi connectivity index (χ4n) is 3.36. The number of methoxy groups -OCH3 is 2. The normalized spacial score (nSPS) is 20.6. The first-order valence-electron chi connectivity index (χ1n) is 8.42. The van der Waals surface area contributed by atoms with E-state index >= 15 is 0 Å². The Balaban J connectivity index is 1.98. The van der Waals surface area contributed by atoms with Crippen LogP contribution in [0.15, 0.2) is 34.4 Å². The van der Waals surface area contributed by atoms with E-state index in [1.807, 2.05) is 19.2 Å². The van der Waals surface area contributed by atoms with Gasteiger partial charge >= 0.3 is 0 Å². The van der Waals surface area contributed by atoms with E-state index in [1.165, 1.54) is 0 Å². The van der Waals surface area contributed by atoms with Crippen LogP contribution in [-0.4, -0.2) is 42.7 Å². The molecule has 6 heteroatoms. The quantitative estimate of drug-likeness (QED) is 0.833. The lowest BCUT2D eigenvalue weighted by atomic mass is 10.0. The summed E-state index contributed by atoms with van der Waals surface area (Å²) >= 11 is 6.36. The highest BCUT2D eigenvalue weighted by atomic mass is 35.5. The monoisotopic (exact) mass is 361 g/mol. The lowest BCUT2D eigenvalue weighted by molar-refractivity contribution is 0.333. The summed E-state index contributed by atoms with van der Waals surface area (Å²) in [6.07, 6.45) is 2.78. The first kappa shape index (κ1) is 17.8. The van der Waals surface area contributed by atoms with E-state index in [1.54, 1.807) is 14.2 Å².